The fraction of sp³-hybridized carbons (Fsp3) is 0.586. The first kappa shape index (κ1) is 26.6. The molecule has 3 atom stereocenters. The van der Waals surface area contributed by atoms with Crippen LogP contribution in [0.25, 0.3) is 0 Å². The summed E-state index contributed by atoms with van der Waals surface area (Å²) >= 11 is 0. The fourth-order valence-electron chi connectivity index (χ4n) is 5.16. The predicted octanol–water partition coefficient (Wildman–Crippen LogP) is 8.64. The lowest BCUT2D eigenvalue weighted by Gasteiger charge is -2.49. The lowest BCUT2D eigenvalue weighted by molar-refractivity contribution is 0.441. The molecule has 0 aromatic heterocycles. The third kappa shape index (κ3) is 7.69. The number of hydrogen-bond donors (Lipinski definition) is 0. The van der Waals surface area contributed by atoms with Crippen LogP contribution >= 0.6 is 15.8 Å². The normalized spacial score (nSPS) is 15.8. The monoisotopic (exact) mass is 456 g/mol. The van der Waals surface area contributed by atoms with Crippen LogP contribution in [0.3, 0.4) is 0 Å². The van der Waals surface area contributed by atoms with E-state index in [2.05, 4.69) is 123 Å². The summed E-state index contributed by atoms with van der Waals surface area (Å²) < 4.78 is 0. The van der Waals surface area contributed by atoms with Crippen LogP contribution in [0.5, 0.6) is 0 Å². The molecule has 172 valence electrons. The van der Waals surface area contributed by atoms with E-state index in [1.54, 1.807) is 0 Å². The van der Waals surface area contributed by atoms with Gasteiger partial charge >= 0.3 is 0 Å². The Hall–Kier alpha value is -0.700. The van der Waals surface area contributed by atoms with Crippen molar-refractivity contribution in [1.29, 1.82) is 0 Å². The smallest absolute Gasteiger partial charge is 0.0168 e. The maximum Gasteiger partial charge on any atom is -0.0168 e. The van der Waals surface area contributed by atoms with E-state index in [0.717, 1.165) is 11.6 Å². The Kier molecular flexibility index (Phi) is 9.79. The Morgan fingerprint density at radius 2 is 1.13 bits per heavy atom. The lowest BCUT2D eigenvalue weighted by Crippen LogP contribution is -2.37. The van der Waals surface area contributed by atoms with Crippen LogP contribution in [0.15, 0.2) is 60.7 Å². The zero-order valence-electron chi connectivity index (χ0n) is 21.5. The molecular weight excluding hydrogens is 410 g/mol. The molecule has 2 heteroatoms. The molecule has 2 aromatic carbocycles. The predicted molar refractivity (Wildman–Crippen MR) is 147 cm³/mol. The minimum atomic E-state index is -0.338. The molecule has 0 aliphatic rings. The van der Waals surface area contributed by atoms with Gasteiger partial charge in [0.1, 0.15) is 0 Å². The first-order valence-electron chi connectivity index (χ1n) is 12.1. The summed E-state index contributed by atoms with van der Waals surface area (Å²) in [5.41, 5.74) is 0.794. The summed E-state index contributed by atoms with van der Waals surface area (Å²) in [6.07, 6.45) is 3.94. The van der Waals surface area contributed by atoms with Crippen LogP contribution in [-0.2, 0) is 0 Å². The molecule has 0 nitrogen and oxygen atoms in total. The largest absolute Gasteiger partial charge is 0.0922 e. The molecule has 0 bridgehead atoms. The summed E-state index contributed by atoms with van der Waals surface area (Å²) in [4.78, 5) is 0. The van der Waals surface area contributed by atoms with Crippen molar-refractivity contribution in [3.8, 4) is 0 Å². The Morgan fingerprint density at radius 1 is 0.710 bits per heavy atom. The standard InChI is InChI=1S/C29H46P2/c1-10-23(2)21-27(31(28(4,5)6)29(7,8)9)24(3)22-30(25-17-13-11-14-18-25)26-19-15-12-16-20-26/h11-20,23-24,27H,10,21-22H2,1-9H3/t23?,24-,27?/m0/s1. The van der Waals surface area contributed by atoms with Gasteiger partial charge in [0, 0.05) is 0 Å². The van der Waals surface area contributed by atoms with E-state index in [1.807, 2.05) is 0 Å². The van der Waals surface area contributed by atoms with Crippen LogP contribution in [0.2, 0.25) is 0 Å². The van der Waals surface area contributed by atoms with Crippen LogP contribution in [0.1, 0.15) is 75.2 Å². The molecule has 2 aromatic rings. The second-order valence-corrected chi connectivity index (χ2v) is 17.6. The maximum absolute atomic E-state index is 2.57. The Morgan fingerprint density at radius 3 is 1.48 bits per heavy atom. The minimum absolute atomic E-state index is 0.142. The van der Waals surface area contributed by atoms with Gasteiger partial charge in [-0.2, -0.15) is 0 Å². The topological polar surface area (TPSA) is 0 Å². The molecule has 0 amide bonds. The van der Waals surface area contributed by atoms with Crippen LogP contribution in [0.4, 0.5) is 0 Å². The minimum Gasteiger partial charge on any atom is -0.0922 e. The van der Waals surface area contributed by atoms with E-state index in [1.165, 1.54) is 29.6 Å². The Bertz CT molecular complexity index is 701. The van der Waals surface area contributed by atoms with Gasteiger partial charge in [-0.15, -0.1) is 0 Å². The average Bonchev–Trinajstić information content (AvgIpc) is 2.70. The molecule has 0 spiro atoms. The SMILES string of the molecule is CCC(C)CC([C@@H](C)CP(c1ccccc1)c1ccccc1)P(C(C)(C)C)C(C)(C)C. The first-order valence-corrected chi connectivity index (χ1v) is 15.1. The molecule has 0 heterocycles. The quantitative estimate of drug-likeness (QED) is 0.331. The van der Waals surface area contributed by atoms with Gasteiger partial charge in [0.25, 0.3) is 0 Å². The first-order chi connectivity index (χ1) is 14.4. The zero-order chi connectivity index (χ0) is 23.2. The van der Waals surface area contributed by atoms with Gasteiger partial charge in [0.2, 0.25) is 0 Å². The van der Waals surface area contributed by atoms with Gasteiger partial charge in [-0.3, -0.25) is 0 Å². The van der Waals surface area contributed by atoms with Crippen molar-refractivity contribution in [2.75, 3.05) is 6.16 Å². The molecule has 0 saturated carbocycles. The summed E-state index contributed by atoms with van der Waals surface area (Å²) in [6.45, 7) is 22.4. The molecular formula is C29H46P2. The molecule has 0 N–H and O–H groups in total. The third-order valence-electron chi connectivity index (χ3n) is 6.38. The van der Waals surface area contributed by atoms with E-state index < -0.39 is 0 Å². The molecule has 31 heavy (non-hydrogen) atoms. The second kappa shape index (κ2) is 11.4. The summed E-state index contributed by atoms with van der Waals surface area (Å²) in [7, 11) is -0.480. The number of rotatable bonds is 9. The number of hydrogen-bond acceptors (Lipinski definition) is 0. The molecule has 0 saturated heterocycles. The average molecular weight is 457 g/mol. The van der Waals surface area contributed by atoms with Gasteiger partial charge < -0.3 is 0 Å². The van der Waals surface area contributed by atoms with Gasteiger partial charge in [0.05, 0.1) is 0 Å². The molecule has 0 aliphatic heterocycles. The van der Waals surface area contributed by atoms with Crippen molar-refractivity contribution in [3.63, 3.8) is 0 Å². The van der Waals surface area contributed by atoms with Crippen molar-refractivity contribution in [3.05, 3.63) is 60.7 Å². The molecule has 2 unspecified atom stereocenters. The van der Waals surface area contributed by atoms with E-state index in [4.69, 9.17) is 0 Å². The van der Waals surface area contributed by atoms with Crippen molar-refractivity contribution in [1.82, 2.24) is 0 Å². The third-order valence-corrected chi connectivity index (χ3v) is 13.4. The van der Waals surface area contributed by atoms with E-state index in [-0.39, 0.29) is 15.8 Å². The highest BCUT2D eigenvalue weighted by Gasteiger charge is 2.42. The van der Waals surface area contributed by atoms with Crippen LogP contribution in [0, 0.1) is 11.8 Å². The Labute approximate surface area is 196 Å². The molecule has 0 fully saturated rings. The second-order valence-electron chi connectivity index (χ2n) is 11.3. The highest BCUT2D eigenvalue weighted by molar-refractivity contribution is 7.73. The summed E-state index contributed by atoms with van der Waals surface area (Å²) in [5, 5.41) is 3.77. The van der Waals surface area contributed by atoms with E-state index in [0.29, 0.717) is 16.2 Å². The lowest BCUT2D eigenvalue weighted by atomic mass is 9.96. The molecule has 2 rings (SSSR count). The van der Waals surface area contributed by atoms with Crippen LogP contribution in [-0.4, -0.2) is 22.1 Å². The van der Waals surface area contributed by atoms with Crippen molar-refractivity contribution in [2.45, 2.75) is 91.1 Å². The van der Waals surface area contributed by atoms with Crippen LogP contribution < -0.4 is 10.6 Å². The van der Waals surface area contributed by atoms with Crippen molar-refractivity contribution < 1.29 is 0 Å². The fourth-order valence-corrected chi connectivity index (χ4v) is 13.1. The highest BCUT2D eigenvalue weighted by Crippen LogP contribution is 2.66. The highest BCUT2D eigenvalue weighted by atomic mass is 31.1. The zero-order valence-corrected chi connectivity index (χ0v) is 23.3. The van der Waals surface area contributed by atoms with Crippen molar-refractivity contribution >= 4 is 26.5 Å². The maximum atomic E-state index is 2.57. The summed E-state index contributed by atoms with van der Waals surface area (Å²) in [5.74, 6) is 1.51. The van der Waals surface area contributed by atoms with Gasteiger partial charge in [-0.1, -0.05) is 137 Å². The molecule has 0 aliphatic carbocycles. The van der Waals surface area contributed by atoms with Crippen molar-refractivity contribution in [2.24, 2.45) is 11.8 Å². The van der Waals surface area contributed by atoms with E-state index in [9.17, 15) is 0 Å². The van der Waals surface area contributed by atoms with Gasteiger partial charge in [-0.05, 0) is 58.9 Å². The Balaban J connectivity index is 2.45. The summed E-state index contributed by atoms with van der Waals surface area (Å²) in [6, 6.07) is 22.6. The number of benzene rings is 2. The van der Waals surface area contributed by atoms with Gasteiger partial charge in [0.15, 0.2) is 0 Å². The van der Waals surface area contributed by atoms with Gasteiger partial charge in [-0.25, -0.2) is 0 Å². The van der Waals surface area contributed by atoms with E-state index >= 15 is 0 Å². The molecule has 0 radical (unpaired) electrons.